The number of urea groups is 1. The lowest BCUT2D eigenvalue weighted by Gasteiger charge is -2.26. The van der Waals surface area contributed by atoms with Crippen LogP contribution in [0.25, 0.3) is 0 Å². The Kier molecular flexibility index (Phi) is 4.43. The van der Waals surface area contributed by atoms with Gasteiger partial charge >= 0.3 is 6.03 Å². The van der Waals surface area contributed by atoms with Crippen molar-refractivity contribution in [1.29, 1.82) is 0 Å². The first-order valence-corrected chi connectivity index (χ1v) is 7.08. The molecule has 0 aliphatic carbocycles. The number of anilines is 1. The lowest BCUT2D eigenvalue weighted by molar-refractivity contribution is 0.210. The van der Waals surface area contributed by atoms with Crippen molar-refractivity contribution in [1.82, 2.24) is 4.90 Å². The van der Waals surface area contributed by atoms with E-state index in [2.05, 4.69) is 6.07 Å². The highest BCUT2D eigenvalue weighted by Gasteiger charge is 2.33. The molecule has 1 aliphatic rings. The van der Waals surface area contributed by atoms with Gasteiger partial charge in [-0.15, -0.1) is 0 Å². The summed E-state index contributed by atoms with van der Waals surface area (Å²) >= 11 is 0. The molecule has 0 saturated heterocycles. The van der Waals surface area contributed by atoms with Gasteiger partial charge in [-0.25, -0.2) is 4.79 Å². The van der Waals surface area contributed by atoms with Gasteiger partial charge < -0.3 is 10.6 Å². The van der Waals surface area contributed by atoms with E-state index in [9.17, 15) is 4.79 Å². The summed E-state index contributed by atoms with van der Waals surface area (Å²) in [6.45, 7) is 6.94. The molecule has 0 spiro atoms. The average molecular weight is 261 g/mol. The molecule has 2 rings (SSSR count). The Morgan fingerprint density at radius 3 is 2.68 bits per heavy atom. The molecule has 1 aromatic rings. The summed E-state index contributed by atoms with van der Waals surface area (Å²) in [6, 6.07) is 8.29. The molecular weight excluding hydrogens is 238 g/mol. The van der Waals surface area contributed by atoms with Crippen LogP contribution in [0, 0.1) is 0 Å². The molecule has 104 valence electrons. The zero-order valence-corrected chi connectivity index (χ0v) is 11.8. The van der Waals surface area contributed by atoms with Crippen molar-refractivity contribution in [3.05, 3.63) is 29.8 Å². The van der Waals surface area contributed by atoms with E-state index in [4.69, 9.17) is 5.73 Å². The van der Waals surface area contributed by atoms with Crippen LogP contribution in [0.5, 0.6) is 0 Å². The summed E-state index contributed by atoms with van der Waals surface area (Å²) in [4.78, 5) is 16.3. The van der Waals surface area contributed by atoms with Crippen LogP contribution in [-0.4, -0.2) is 37.1 Å². The van der Waals surface area contributed by atoms with E-state index in [-0.39, 0.29) is 6.03 Å². The van der Waals surface area contributed by atoms with Gasteiger partial charge in [0.25, 0.3) is 0 Å². The average Bonchev–Trinajstić information content (AvgIpc) is 2.80. The van der Waals surface area contributed by atoms with Crippen LogP contribution in [0.4, 0.5) is 10.5 Å². The van der Waals surface area contributed by atoms with E-state index in [1.54, 1.807) is 0 Å². The largest absolute Gasteiger partial charge is 0.330 e. The van der Waals surface area contributed by atoms with Gasteiger partial charge in [0, 0.05) is 31.2 Å². The first-order chi connectivity index (χ1) is 9.22. The summed E-state index contributed by atoms with van der Waals surface area (Å²) in [7, 11) is 0. The molecular formula is C15H23N3O. The fraction of sp³-hybridized carbons (Fsp3) is 0.533. The van der Waals surface area contributed by atoms with Crippen LogP contribution in [0.1, 0.15) is 31.7 Å². The molecule has 0 saturated carbocycles. The number of nitrogens with zero attached hydrogens (tertiary/aromatic N) is 2. The zero-order chi connectivity index (χ0) is 13.8. The Morgan fingerprint density at radius 2 is 2.05 bits per heavy atom. The van der Waals surface area contributed by atoms with Crippen LogP contribution >= 0.6 is 0 Å². The Bertz CT molecular complexity index is 443. The summed E-state index contributed by atoms with van der Waals surface area (Å²) in [5, 5.41) is 0. The van der Waals surface area contributed by atoms with E-state index in [1.165, 1.54) is 5.56 Å². The third-order valence-corrected chi connectivity index (χ3v) is 3.85. The molecule has 0 bridgehead atoms. The standard InChI is InChI=1S/C15H23N3O/c1-3-17(4-2)15(19)18-11-12(9-10-16)13-7-5-6-8-14(13)18/h5-8,12H,3-4,9-11,16H2,1-2H3. The van der Waals surface area contributed by atoms with Gasteiger partial charge in [-0.05, 0) is 38.4 Å². The molecule has 2 N–H and O–H groups in total. The van der Waals surface area contributed by atoms with Crippen molar-refractivity contribution in [2.75, 3.05) is 31.1 Å². The number of carbonyl (C=O) groups is 1. The molecule has 19 heavy (non-hydrogen) atoms. The van der Waals surface area contributed by atoms with E-state index >= 15 is 0 Å². The molecule has 4 heteroatoms. The first-order valence-electron chi connectivity index (χ1n) is 7.08. The van der Waals surface area contributed by atoms with Gasteiger partial charge in [-0.3, -0.25) is 4.90 Å². The third kappa shape index (κ3) is 2.59. The third-order valence-electron chi connectivity index (χ3n) is 3.85. The lowest BCUT2D eigenvalue weighted by atomic mass is 9.98. The van der Waals surface area contributed by atoms with Crippen molar-refractivity contribution in [3.63, 3.8) is 0 Å². The predicted octanol–water partition coefficient (Wildman–Crippen LogP) is 2.40. The molecule has 2 amide bonds. The van der Waals surface area contributed by atoms with Crippen molar-refractivity contribution < 1.29 is 4.79 Å². The number of hydrogen-bond acceptors (Lipinski definition) is 2. The minimum absolute atomic E-state index is 0.108. The minimum Gasteiger partial charge on any atom is -0.330 e. The van der Waals surface area contributed by atoms with E-state index in [0.717, 1.165) is 31.7 Å². The fourth-order valence-electron chi connectivity index (χ4n) is 2.79. The fourth-order valence-corrected chi connectivity index (χ4v) is 2.79. The van der Waals surface area contributed by atoms with E-state index in [0.29, 0.717) is 12.5 Å². The van der Waals surface area contributed by atoms with Crippen LogP contribution in [-0.2, 0) is 0 Å². The zero-order valence-electron chi connectivity index (χ0n) is 11.8. The highest BCUT2D eigenvalue weighted by molar-refractivity contribution is 5.94. The topological polar surface area (TPSA) is 49.6 Å². The van der Waals surface area contributed by atoms with Crippen molar-refractivity contribution in [2.45, 2.75) is 26.2 Å². The Morgan fingerprint density at radius 1 is 1.37 bits per heavy atom. The highest BCUT2D eigenvalue weighted by Crippen LogP contribution is 2.38. The number of para-hydroxylation sites is 1. The summed E-state index contributed by atoms with van der Waals surface area (Å²) in [6.07, 6.45) is 0.930. The molecule has 1 unspecified atom stereocenters. The number of nitrogens with two attached hydrogens (primary N) is 1. The summed E-state index contributed by atoms with van der Waals surface area (Å²) in [5.74, 6) is 0.376. The summed E-state index contributed by atoms with van der Waals surface area (Å²) < 4.78 is 0. The van der Waals surface area contributed by atoms with Gasteiger partial charge in [0.15, 0.2) is 0 Å². The Labute approximate surface area is 115 Å². The first kappa shape index (κ1) is 13.9. The van der Waals surface area contributed by atoms with Crippen LogP contribution < -0.4 is 10.6 Å². The second-order valence-electron chi connectivity index (χ2n) is 4.90. The Hall–Kier alpha value is -1.55. The normalized spacial score (nSPS) is 17.4. The van der Waals surface area contributed by atoms with Gasteiger partial charge in [0.2, 0.25) is 0 Å². The number of hydrogen-bond donors (Lipinski definition) is 1. The molecule has 1 atom stereocenters. The maximum atomic E-state index is 12.5. The summed E-state index contributed by atoms with van der Waals surface area (Å²) in [5.41, 5.74) is 8.00. The second-order valence-corrected chi connectivity index (χ2v) is 4.90. The lowest BCUT2D eigenvalue weighted by Crippen LogP contribution is -2.42. The quantitative estimate of drug-likeness (QED) is 0.904. The van der Waals surface area contributed by atoms with Crippen molar-refractivity contribution in [3.8, 4) is 0 Å². The molecule has 1 aliphatic heterocycles. The highest BCUT2D eigenvalue weighted by atomic mass is 16.2. The molecule has 4 nitrogen and oxygen atoms in total. The maximum absolute atomic E-state index is 12.5. The van der Waals surface area contributed by atoms with Crippen LogP contribution in [0.3, 0.4) is 0 Å². The van der Waals surface area contributed by atoms with Gasteiger partial charge in [0.1, 0.15) is 0 Å². The predicted molar refractivity (Wildman–Crippen MR) is 78.5 cm³/mol. The van der Waals surface area contributed by atoms with Crippen molar-refractivity contribution >= 4 is 11.7 Å². The maximum Gasteiger partial charge on any atom is 0.324 e. The monoisotopic (exact) mass is 261 g/mol. The Balaban J connectivity index is 2.27. The number of amides is 2. The molecule has 0 fully saturated rings. The number of carbonyl (C=O) groups excluding carboxylic acids is 1. The van der Waals surface area contributed by atoms with Crippen molar-refractivity contribution in [2.24, 2.45) is 5.73 Å². The van der Waals surface area contributed by atoms with Gasteiger partial charge in [-0.2, -0.15) is 0 Å². The number of fused-ring (bicyclic) bond motifs is 1. The SMILES string of the molecule is CCN(CC)C(=O)N1CC(CCN)c2ccccc21. The van der Waals surface area contributed by atoms with Crippen LogP contribution in [0.2, 0.25) is 0 Å². The molecule has 1 heterocycles. The smallest absolute Gasteiger partial charge is 0.324 e. The van der Waals surface area contributed by atoms with Gasteiger partial charge in [0.05, 0.1) is 0 Å². The second kappa shape index (κ2) is 6.06. The molecule has 1 aromatic carbocycles. The van der Waals surface area contributed by atoms with E-state index in [1.807, 2.05) is 41.8 Å². The molecule has 0 radical (unpaired) electrons. The van der Waals surface area contributed by atoms with Gasteiger partial charge in [-0.1, -0.05) is 18.2 Å². The van der Waals surface area contributed by atoms with Crippen LogP contribution in [0.15, 0.2) is 24.3 Å². The number of benzene rings is 1. The minimum atomic E-state index is 0.108. The van der Waals surface area contributed by atoms with E-state index < -0.39 is 0 Å². The molecule has 0 aromatic heterocycles. The number of rotatable bonds is 4.